The highest BCUT2D eigenvalue weighted by molar-refractivity contribution is 5.88. The van der Waals surface area contributed by atoms with Crippen LogP contribution in [0.25, 0.3) is 0 Å². The minimum atomic E-state index is -0.377. The summed E-state index contributed by atoms with van der Waals surface area (Å²) in [6, 6.07) is 0.102. The van der Waals surface area contributed by atoms with Crippen LogP contribution in [0.5, 0.6) is 0 Å². The summed E-state index contributed by atoms with van der Waals surface area (Å²) in [6.07, 6.45) is 3.74. The van der Waals surface area contributed by atoms with Crippen molar-refractivity contribution in [2.75, 3.05) is 41.5 Å². The van der Waals surface area contributed by atoms with Crippen molar-refractivity contribution >= 4 is 5.91 Å². The van der Waals surface area contributed by atoms with Crippen LogP contribution in [0.2, 0.25) is 0 Å². The molecule has 0 spiro atoms. The Morgan fingerprint density at radius 2 is 1.84 bits per heavy atom. The molecule has 6 nitrogen and oxygen atoms in total. The van der Waals surface area contributed by atoms with Crippen LogP contribution in [0.1, 0.15) is 25.7 Å². The maximum atomic E-state index is 11.8. The molecule has 6 heteroatoms. The van der Waals surface area contributed by atoms with Crippen LogP contribution in [-0.2, 0) is 23.7 Å². The molecular formula is C13H25NO5. The highest BCUT2D eigenvalue weighted by Gasteiger charge is 2.47. The van der Waals surface area contributed by atoms with Crippen molar-refractivity contribution in [3.05, 3.63) is 0 Å². The summed E-state index contributed by atoms with van der Waals surface area (Å²) in [5.41, 5.74) is 0. The fourth-order valence-electron chi connectivity index (χ4n) is 2.28. The number of hydrogen-bond donors (Lipinski definition) is 0. The molecule has 0 aromatic heterocycles. The minimum absolute atomic E-state index is 0.0132. The monoisotopic (exact) mass is 275 g/mol. The van der Waals surface area contributed by atoms with Gasteiger partial charge in [0, 0.05) is 27.9 Å². The van der Waals surface area contributed by atoms with Gasteiger partial charge in [0.05, 0.1) is 6.04 Å². The predicted molar refractivity (Wildman–Crippen MR) is 69.6 cm³/mol. The van der Waals surface area contributed by atoms with E-state index >= 15 is 0 Å². The van der Waals surface area contributed by atoms with Gasteiger partial charge in [-0.25, -0.2) is 0 Å². The van der Waals surface area contributed by atoms with Crippen LogP contribution in [0.15, 0.2) is 0 Å². The zero-order valence-electron chi connectivity index (χ0n) is 12.1. The quantitative estimate of drug-likeness (QED) is 0.320. The van der Waals surface area contributed by atoms with Gasteiger partial charge in [-0.05, 0) is 12.8 Å². The molecule has 19 heavy (non-hydrogen) atoms. The third-order valence-corrected chi connectivity index (χ3v) is 3.26. The summed E-state index contributed by atoms with van der Waals surface area (Å²) in [5, 5.41) is 0. The topological polar surface area (TPSA) is 57.2 Å². The van der Waals surface area contributed by atoms with Gasteiger partial charge in [-0.3, -0.25) is 4.79 Å². The van der Waals surface area contributed by atoms with Crippen molar-refractivity contribution in [3.8, 4) is 0 Å². The Labute approximate surface area is 114 Å². The molecule has 0 unspecified atom stereocenters. The first-order valence-corrected chi connectivity index (χ1v) is 6.65. The predicted octanol–water partition coefficient (Wildman–Crippen LogP) is 0.997. The molecule has 2 atom stereocenters. The summed E-state index contributed by atoms with van der Waals surface area (Å²) in [6.45, 7) is 1.26. The van der Waals surface area contributed by atoms with E-state index in [4.69, 9.17) is 18.9 Å². The lowest BCUT2D eigenvalue weighted by Gasteiger charge is -2.46. The van der Waals surface area contributed by atoms with Crippen LogP contribution in [0.3, 0.4) is 0 Å². The molecule has 1 amide bonds. The van der Waals surface area contributed by atoms with E-state index in [9.17, 15) is 4.79 Å². The molecule has 0 aliphatic carbocycles. The summed E-state index contributed by atoms with van der Waals surface area (Å²) in [5.74, 6) is -0.0132. The number of carbonyl (C=O) groups is 1. The third kappa shape index (κ3) is 4.72. The van der Waals surface area contributed by atoms with Gasteiger partial charge in [-0.2, -0.15) is 0 Å². The SMILES string of the molecule is COCCCCC[C@H]1[C@@H](OCOC)C(=O)N1COC. The number of unbranched alkanes of at least 4 members (excludes halogenated alkanes) is 2. The van der Waals surface area contributed by atoms with Gasteiger partial charge in [-0.15, -0.1) is 0 Å². The number of carbonyl (C=O) groups excluding carboxylic acids is 1. The fourth-order valence-corrected chi connectivity index (χ4v) is 2.28. The summed E-state index contributed by atoms with van der Waals surface area (Å²) in [7, 11) is 4.85. The van der Waals surface area contributed by atoms with Crippen molar-refractivity contribution in [2.45, 2.75) is 37.8 Å². The number of β-lactam (4-membered cyclic amide) rings is 1. The summed E-state index contributed by atoms with van der Waals surface area (Å²) in [4.78, 5) is 13.6. The number of hydrogen-bond acceptors (Lipinski definition) is 5. The Morgan fingerprint density at radius 1 is 1.05 bits per heavy atom. The molecular weight excluding hydrogens is 250 g/mol. The Morgan fingerprint density at radius 3 is 2.47 bits per heavy atom. The first kappa shape index (κ1) is 16.4. The van der Waals surface area contributed by atoms with Crippen molar-refractivity contribution in [3.63, 3.8) is 0 Å². The first-order chi connectivity index (χ1) is 9.26. The van der Waals surface area contributed by atoms with E-state index in [1.54, 1.807) is 26.2 Å². The molecule has 1 saturated heterocycles. The van der Waals surface area contributed by atoms with E-state index in [1.165, 1.54) is 0 Å². The van der Waals surface area contributed by atoms with Gasteiger partial charge in [0.2, 0.25) is 0 Å². The maximum absolute atomic E-state index is 11.8. The molecule has 0 bridgehead atoms. The molecule has 0 saturated carbocycles. The van der Waals surface area contributed by atoms with E-state index in [0.29, 0.717) is 6.73 Å². The lowest BCUT2D eigenvalue weighted by Crippen LogP contribution is -2.66. The van der Waals surface area contributed by atoms with Gasteiger partial charge in [-0.1, -0.05) is 12.8 Å². The Bertz CT molecular complexity index is 261. The Balaban J connectivity index is 2.32. The maximum Gasteiger partial charge on any atom is 0.256 e. The van der Waals surface area contributed by atoms with E-state index in [0.717, 1.165) is 32.3 Å². The van der Waals surface area contributed by atoms with Crippen LogP contribution < -0.4 is 0 Å². The van der Waals surface area contributed by atoms with Crippen LogP contribution in [-0.4, -0.2) is 64.4 Å². The minimum Gasteiger partial charge on any atom is -0.385 e. The highest BCUT2D eigenvalue weighted by Crippen LogP contribution is 2.27. The van der Waals surface area contributed by atoms with Gasteiger partial charge in [0.25, 0.3) is 5.91 Å². The van der Waals surface area contributed by atoms with Crippen molar-refractivity contribution in [1.82, 2.24) is 4.90 Å². The lowest BCUT2D eigenvalue weighted by atomic mass is 9.93. The number of amides is 1. The van der Waals surface area contributed by atoms with E-state index in [2.05, 4.69) is 0 Å². The average Bonchev–Trinajstić information content (AvgIpc) is 2.42. The smallest absolute Gasteiger partial charge is 0.256 e. The van der Waals surface area contributed by atoms with E-state index in [-0.39, 0.29) is 24.8 Å². The molecule has 1 aliphatic rings. The molecule has 1 heterocycles. The number of rotatable bonds is 11. The number of likely N-dealkylation sites (tertiary alicyclic amines) is 1. The second-order valence-corrected chi connectivity index (χ2v) is 4.63. The molecule has 0 aromatic carbocycles. The van der Waals surface area contributed by atoms with Gasteiger partial charge in [0.15, 0.2) is 6.10 Å². The molecule has 1 fully saturated rings. The number of methoxy groups -OCH3 is 3. The third-order valence-electron chi connectivity index (χ3n) is 3.26. The molecule has 1 rings (SSSR count). The first-order valence-electron chi connectivity index (χ1n) is 6.65. The fraction of sp³-hybridized carbons (Fsp3) is 0.923. The van der Waals surface area contributed by atoms with Gasteiger partial charge in [0.1, 0.15) is 13.5 Å². The van der Waals surface area contributed by atoms with Gasteiger partial charge < -0.3 is 23.8 Å². The second kappa shape index (κ2) is 9.25. The molecule has 112 valence electrons. The van der Waals surface area contributed by atoms with E-state index < -0.39 is 0 Å². The van der Waals surface area contributed by atoms with E-state index in [1.807, 2.05) is 0 Å². The van der Waals surface area contributed by atoms with Crippen molar-refractivity contribution in [1.29, 1.82) is 0 Å². The average molecular weight is 275 g/mol. The lowest BCUT2D eigenvalue weighted by molar-refractivity contribution is -0.197. The van der Waals surface area contributed by atoms with Crippen molar-refractivity contribution in [2.24, 2.45) is 0 Å². The van der Waals surface area contributed by atoms with Crippen LogP contribution in [0.4, 0.5) is 0 Å². The molecule has 0 radical (unpaired) electrons. The molecule has 1 aliphatic heterocycles. The Hall–Kier alpha value is -0.690. The molecule has 0 aromatic rings. The molecule has 0 N–H and O–H groups in total. The largest absolute Gasteiger partial charge is 0.385 e. The summed E-state index contributed by atoms with van der Waals surface area (Å²) < 4.78 is 20.3. The normalized spacial score (nSPS) is 22.7. The van der Waals surface area contributed by atoms with Crippen molar-refractivity contribution < 1.29 is 23.7 Å². The number of nitrogens with zero attached hydrogens (tertiary/aromatic N) is 1. The zero-order chi connectivity index (χ0) is 14.1. The zero-order valence-corrected chi connectivity index (χ0v) is 12.1. The standard InChI is InChI=1S/C13H25NO5/c1-16-8-6-4-5-7-11-12(19-10-18-3)13(15)14(11)9-17-2/h11-12H,4-10H2,1-3H3/t11-,12+/m0/s1. The second-order valence-electron chi connectivity index (χ2n) is 4.63. The van der Waals surface area contributed by atoms with Crippen LogP contribution >= 0.6 is 0 Å². The highest BCUT2D eigenvalue weighted by atomic mass is 16.7. The van der Waals surface area contributed by atoms with Crippen LogP contribution in [0, 0.1) is 0 Å². The Kier molecular flexibility index (Phi) is 7.97. The van der Waals surface area contributed by atoms with Gasteiger partial charge >= 0.3 is 0 Å². The number of ether oxygens (including phenoxy) is 4. The summed E-state index contributed by atoms with van der Waals surface area (Å²) >= 11 is 0.